The zero-order valence-corrected chi connectivity index (χ0v) is 32.7. The van der Waals surface area contributed by atoms with Crippen LogP contribution in [0.15, 0.2) is 42.5 Å². The van der Waals surface area contributed by atoms with Crippen molar-refractivity contribution in [3.63, 3.8) is 0 Å². The second-order valence-electron chi connectivity index (χ2n) is 14.9. The van der Waals surface area contributed by atoms with Crippen LogP contribution in [0.3, 0.4) is 0 Å². The van der Waals surface area contributed by atoms with Gasteiger partial charge in [0.1, 0.15) is 18.4 Å². The van der Waals surface area contributed by atoms with Crippen LogP contribution in [0.25, 0.3) is 0 Å². The van der Waals surface area contributed by atoms with Crippen molar-refractivity contribution in [1.82, 2.24) is 15.1 Å². The van der Waals surface area contributed by atoms with E-state index < -0.39 is 54.6 Å². The quantitative estimate of drug-likeness (QED) is 0.111. The summed E-state index contributed by atoms with van der Waals surface area (Å²) < 4.78 is 76.8. The number of nitrogens with one attached hydrogen (secondary N) is 2. The van der Waals surface area contributed by atoms with Gasteiger partial charge in [0, 0.05) is 50.2 Å². The molecular weight excluding hydrogens is 768 g/mol. The number of nitrogens with zero attached hydrogens (tertiary/aromatic N) is 2. The highest BCUT2D eigenvalue weighted by molar-refractivity contribution is 6.06. The van der Waals surface area contributed by atoms with E-state index in [9.17, 15) is 41.5 Å². The van der Waals surface area contributed by atoms with Gasteiger partial charge in [-0.25, -0.2) is 14.1 Å². The standard InChI is InChI=1S/C41H52F4N4O9/c1-28(41(43,44)45)48(26-30-8-10-32(42)11-9-30)37(52)27-49-38(53)40(58-39(49)54)17-14-31-25-33(12-13-34(31)40)47-36(51)7-4-18-46-35(50)16-20-56-22-24-57-23-21-55-19-15-29-5-2-3-6-29/h8-13,25,28-29H,2-7,14-24,26-27H2,1H3,(H,46,50)(H,47,51)/t28-,40+/m0/s1. The van der Waals surface area contributed by atoms with Gasteiger partial charge in [-0.2, -0.15) is 13.2 Å². The van der Waals surface area contributed by atoms with Gasteiger partial charge in [0.2, 0.25) is 23.3 Å². The largest absolute Gasteiger partial charge is 0.427 e. The van der Waals surface area contributed by atoms with E-state index in [4.69, 9.17) is 18.9 Å². The molecule has 2 aromatic rings. The first-order chi connectivity index (χ1) is 27.8. The highest BCUT2D eigenvalue weighted by atomic mass is 19.4. The molecule has 3 aliphatic rings. The summed E-state index contributed by atoms with van der Waals surface area (Å²) in [6.45, 7) is 2.38. The average molecular weight is 821 g/mol. The van der Waals surface area contributed by atoms with Crippen molar-refractivity contribution < 1.29 is 60.5 Å². The monoisotopic (exact) mass is 820 g/mol. The number of benzene rings is 2. The Morgan fingerprint density at radius 2 is 1.60 bits per heavy atom. The van der Waals surface area contributed by atoms with Crippen molar-refractivity contribution in [3.05, 3.63) is 65.0 Å². The molecule has 1 aliphatic heterocycles. The highest BCUT2D eigenvalue weighted by Crippen LogP contribution is 2.46. The molecule has 0 aromatic heterocycles. The van der Waals surface area contributed by atoms with Gasteiger partial charge < -0.3 is 34.5 Å². The molecule has 13 nitrogen and oxygen atoms in total. The molecule has 1 spiro atoms. The maximum Gasteiger partial charge on any atom is 0.418 e. The van der Waals surface area contributed by atoms with Gasteiger partial charge in [-0.15, -0.1) is 0 Å². The van der Waals surface area contributed by atoms with Gasteiger partial charge in [0.15, 0.2) is 0 Å². The molecule has 318 valence electrons. The van der Waals surface area contributed by atoms with Crippen LogP contribution in [0, 0.1) is 11.7 Å². The molecule has 0 radical (unpaired) electrons. The lowest BCUT2D eigenvalue weighted by Crippen LogP contribution is -2.51. The molecule has 1 heterocycles. The maximum atomic E-state index is 13.8. The number of carbonyl (C=O) groups is 5. The first kappa shape index (κ1) is 44.5. The Hall–Kier alpha value is -4.61. The fraction of sp³-hybridized carbons (Fsp3) is 0.585. The lowest BCUT2D eigenvalue weighted by atomic mass is 9.94. The van der Waals surface area contributed by atoms with Gasteiger partial charge in [-0.05, 0) is 67.5 Å². The van der Waals surface area contributed by atoms with E-state index in [2.05, 4.69) is 10.6 Å². The van der Waals surface area contributed by atoms with Crippen LogP contribution in [0.1, 0.15) is 81.4 Å². The molecule has 2 aromatic carbocycles. The van der Waals surface area contributed by atoms with E-state index in [0.717, 1.165) is 38.0 Å². The predicted octanol–water partition coefficient (Wildman–Crippen LogP) is 5.78. The molecular formula is C41H52F4N4O9. The number of hydrogen-bond acceptors (Lipinski definition) is 9. The summed E-state index contributed by atoms with van der Waals surface area (Å²) in [5, 5.41) is 5.54. The molecule has 2 fully saturated rings. The number of carbonyl (C=O) groups excluding carboxylic acids is 5. The van der Waals surface area contributed by atoms with Crippen molar-refractivity contribution in [2.45, 2.75) is 95.5 Å². The van der Waals surface area contributed by atoms with E-state index in [0.29, 0.717) is 59.5 Å². The first-order valence-corrected chi connectivity index (χ1v) is 19.9. The second kappa shape index (κ2) is 20.9. The smallest absolute Gasteiger partial charge is 0.418 e. The summed E-state index contributed by atoms with van der Waals surface area (Å²) in [5.74, 6) is -2.35. The minimum absolute atomic E-state index is 0.0292. The fourth-order valence-corrected chi connectivity index (χ4v) is 7.41. The lowest BCUT2D eigenvalue weighted by molar-refractivity contribution is -0.187. The number of halogens is 4. The number of ether oxygens (including phenoxy) is 4. The molecule has 17 heteroatoms. The van der Waals surface area contributed by atoms with E-state index in [1.807, 2.05) is 0 Å². The van der Waals surface area contributed by atoms with Crippen molar-refractivity contribution >= 4 is 35.4 Å². The van der Waals surface area contributed by atoms with Crippen LogP contribution in [0.2, 0.25) is 0 Å². The van der Waals surface area contributed by atoms with Gasteiger partial charge in [-0.1, -0.05) is 43.9 Å². The van der Waals surface area contributed by atoms with E-state index >= 15 is 0 Å². The van der Waals surface area contributed by atoms with Crippen LogP contribution in [0.5, 0.6) is 0 Å². The average Bonchev–Trinajstić information content (AvgIpc) is 3.90. The predicted molar refractivity (Wildman–Crippen MR) is 202 cm³/mol. The maximum absolute atomic E-state index is 13.8. The number of imide groups is 1. The molecule has 1 saturated carbocycles. The van der Waals surface area contributed by atoms with Crippen molar-refractivity contribution in [2.75, 3.05) is 58.0 Å². The number of anilines is 1. The van der Waals surface area contributed by atoms with Crippen LogP contribution in [0.4, 0.5) is 28.0 Å². The molecule has 0 bridgehead atoms. The van der Waals surface area contributed by atoms with Crippen LogP contribution in [-0.4, -0.2) is 104 Å². The summed E-state index contributed by atoms with van der Waals surface area (Å²) in [6, 6.07) is 7.00. The van der Waals surface area contributed by atoms with Crippen molar-refractivity contribution in [2.24, 2.45) is 5.92 Å². The number of amides is 5. The molecule has 2 atom stereocenters. The van der Waals surface area contributed by atoms with Crippen molar-refractivity contribution in [3.8, 4) is 0 Å². The molecule has 5 amide bonds. The lowest BCUT2D eigenvalue weighted by Gasteiger charge is -2.31. The number of alkyl halides is 3. The first-order valence-electron chi connectivity index (χ1n) is 19.9. The minimum Gasteiger partial charge on any atom is -0.427 e. The Morgan fingerprint density at radius 3 is 2.29 bits per heavy atom. The topological polar surface area (TPSA) is 153 Å². The SMILES string of the molecule is C[C@H](N(Cc1ccc(F)cc1)C(=O)CN1C(=O)O[C@@]2(CCc3cc(NC(=O)CCCNC(=O)CCOCCOCCOCCC4CCCC4)ccc32)C1=O)C(F)(F)F. The van der Waals surface area contributed by atoms with Crippen LogP contribution < -0.4 is 10.6 Å². The minimum atomic E-state index is -4.82. The third-order valence-electron chi connectivity index (χ3n) is 10.7. The Kier molecular flexibility index (Phi) is 16.0. The zero-order chi connectivity index (χ0) is 41.7. The summed E-state index contributed by atoms with van der Waals surface area (Å²) in [6.07, 6.45) is 1.39. The summed E-state index contributed by atoms with van der Waals surface area (Å²) in [5.41, 5.74) is -0.172. The molecule has 2 aliphatic carbocycles. The third-order valence-corrected chi connectivity index (χ3v) is 10.7. The molecule has 5 rings (SSSR count). The normalized spacial score (nSPS) is 18.4. The van der Waals surface area contributed by atoms with Crippen LogP contribution >= 0.6 is 0 Å². The number of rotatable bonds is 22. The van der Waals surface area contributed by atoms with E-state index in [1.54, 1.807) is 6.07 Å². The van der Waals surface area contributed by atoms with E-state index in [-0.39, 0.29) is 56.2 Å². The Balaban J connectivity index is 0.998. The van der Waals surface area contributed by atoms with Gasteiger partial charge >= 0.3 is 12.3 Å². The number of hydrogen-bond donors (Lipinski definition) is 2. The van der Waals surface area contributed by atoms with Gasteiger partial charge in [0.05, 0.1) is 33.0 Å². The Labute approximate surface area is 335 Å². The Bertz CT molecular complexity index is 1740. The summed E-state index contributed by atoms with van der Waals surface area (Å²) >= 11 is 0. The van der Waals surface area contributed by atoms with Crippen LogP contribution in [-0.2, 0) is 56.7 Å². The van der Waals surface area contributed by atoms with E-state index in [1.165, 1.54) is 49.9 Å². The third kappa shape index (κ3) is 12.2. The molecule has 0 unspecified atom stereocenters. The van der Waals surface area contributed by atoms with Gasteiger partial charge in [0.25, 0.3) is 5.91 Å². The van der Waals surface area contributed by atoms with Crippen molar-refractivity contribution in [1.29, 1.82) is 0 Å². The second-order valence-corrected chi connectivity index (χ2v) is 14.9. The molecule has 2 N–H and O–H groups in total. The number of aryl methyl sites for hydroxylation is 1. The summed E-state index contributed by atoms with van der Waals surface area (Å²) in [4.78, 5) is 65.7. The highest BCUT2D eigenvalue weighted by Gasteiger charge is 2.58. The summed E-state index contributed by atoms with van der Waals surface area (Å²) in [7, 11) is 0. The Morgan fingerprint density at radius 1 is 0.931 bits per heavy atom. The molecule has 58 heavy (non-hydrogen) atoms. The fourth-order valence-electron chi connectivity index (χ4n) is 7.41. The molecule has 1 saturated heterocycles. The number of fused-ring (bicyclic) bond motifs is 2. The zero-order valence-electron chi connectivity index (χ0n) is 32.7. The van der Waals surface area contributed by atoms with Gasteiger partial charge in [-0.3, -0.25) is 19.2 Å².